The number of barbiturate groups is 1. The Kier molecular flexibility index (Phi) is 4.66. The van der Waals surface area contributed by atoms with Crippen molar-refractivity contribution in [2.24, 2.45) is 5.41 Å². The molecule has 1 heterocycles. The fourth-order valence-corrected chi connectivity index (χ4v) is 3.35. The molecule has 1 N–H and O–H groups in total. The van der Waals surface area contributed by atoms with Crippen LogP contribution in [-0.4, -0.2) is 40.3 Å². The number of nitrogens with zero attached hydrogens (tertiary/aromatic N) is 1. The highest BCUT2D eigenvalue weighted by molar-refractivity contribution is 7.99. The van der Waals surface area contributed by atoms with E-state index in [1.165, 1.54) is 4.90 Å². The van der Waals surface area contributed by atoms with Crippen molar-refractivity contribution in [1.29, 1.82) is 0 Å². The minimum atomic E-state index is -1.01. The highest BCUT2D eigenvalue weighted by Gasteiger charge is 2.53. The van der Waals surface area contributed by atoms with E-state index in [4.69, 9.17) is 0 Å². The Hall–Kier alpha value is -1.04. The number of hydrogen-bond donors (Lipinski definition) is 1. The van der Waals surface area contributed by atoms with Crippen LogP contribution in [-0.2, 0) is 9.59 Å². The molecule has 1 saturated carbocycles. The first-order valence-corrected chi connectivity index (χ1v) is 8.77. The molecule has 2 rings (SSSR count). The summed E-state index contributed by atoms with van der Waals surface area (Å²) >= 11 is 1.61. The molecule has 1 aliphatic carbocycles. The van der Waals surface area contributed by atoms with Crippen LogP contribution < -0.4 is 5.32 Å². The maximum absolute atomic E-state index is 12.9. The van der Waals surface area contributed by atoms with Crippen LogP contribution in [0.2, 0.25) is 0 Å². The van der Waals surface area contributed by atoms with Crippen molar-refractivity contribution in [3.63, 3.8) is 0 Å². The summed E-state index contributed by atoms with van der Waals surface area (Å²) in [6.45, 7) is 4.32. The van der Waals surface area contributed by atoms with Gasteiger partial charge in [-0.1, -0.05) is 25.7 Å². The number of carbonyl (C=O) groups is 3. The number of imide groups is 2. The van der Waals surface area contributed by atoms with Gasteiger partial charge in [0.25, 0.3) is 0 Å². The number of thioether (sulfide) groups is 1. The second-order valence-electron chi connectivity index (χ2n) is 6.61. The Morgan fingerprint density at radius 2 is 1.71 bits per heavy atom. The normalized spacial score (nSPS) is 23.2. The molecule has 0 radical (unpaired) electrons. The third kappa shape index (κ3) is 3.10. The molecule has 6 heteroatoms. The van der Waals surface area contributed by atoms with E-state index < -0.39 is 17.4 Å². The number of urea groups is 1. The van der Waals surface area contributed by atoms with Crippen LogP contribution in [0.3, 0.4) is 0 Å². The smallest absolute Gasteiger partial charge is 0.277 e. The van der Waals surface area contributed by atoms with Gasteiger partial charge < -0.3 is 0 Å². The number of carbonyl (C=O) groups excluding carboxylic acids is 3. The van der Waals surface area contributed by atoms with Crippen molar-refractivity contribution >= 4 is 29.6 Å². The van der Waals surface area contributed by atoms with Crippen LogP contribution in [0.4, 0.5) is 4.79 Å². The molecule has 1 saturated heterocycles. The van der Waals surface area contributed by atoms with Crippen LogP contribution in [0.1, 0.15) is 52.4 Å². The quantitative estimate of drug-likeness (QED) is 0.813. The summed E-state index contributed by atoms with van der Waals surface area (Å²) in [6, 6.07) is -0.568. The third-order valence-corrected chi connectivity index (χ3v) is 5.84. The topological polar surface area (TPSA) is 66.5 Å². The molecule has 4 amide bonds. The van der Waals surface area contributed by atoms with E-state index in [0.717, 1.165) is 25.7 Å². The molecule has 0 bridgehead atoms. The first kappa shape index (κ1) is 16.3. The van der Waals surface area contributed by atoms with Gasteiger partial charge in [0.05, 0.1) is 0 Å². The average Bonchev–Trinajstić information content (AvgIpc) is 2.69. The van der Waals surface area contributed by atoms with Gasteiger partial charge in [0.1, 0.15) is 5.41 Å². The van der Waals surface area contributed by atoms with Gasteiger partial charge in [0.2, 0.25) is 11.8 Å². The van der Waals surface area contributed by atoms with Crippen molar-refractivity contribution < 1.29 is 14.4 Å². The Bertz CT molecular complexity index is 454. The molecule has 0 unspecified atom stereocenters. The third-order valence-electron chi connectivity index (χ3n) is 4.60. The number of hydrogen-bond acceptors (Lipinski definition) is 4. The fourth-order valence-electron chi connectivity index (χ4n) is 3.09. The lowest BCUT2D eigenvalue weighted by atomic mass is 9.76. The summed E-state index contributed by atoms with van der Waals surface area (Å²) < 4.78 is -0.223. The molecular formula is C15H24N2O3S. The molecule has 2 fully saturated rings. The highest BCUT2D eigenvalue weighted by atomic mass is 32.2. The molecule has 1 aliphatic heterocycles. The van der Waals surface area contributed by atoms with E-state index in [0.29, 0.717) is 19.4 Å². The van der Waals surface area contributed by atoms with Crippen molar-refractivity contribution in [3.8, 4) is 0 Å². The molecule has 0 atom stereocenters. The zero-order valence-corrected chi connectivity index (χ0v) is 13.8. The first-order valence-electron chi connectivity index (χ1n) is 7.55. The number of amides is 4. The fraction of sp³-hybridized carbons (Fsp3) is 0.800. The minimum absolute atomic E-state index is 0.223. The van der Waals surface area contributed by atoms with Gasteiger partial charge in [-0.2, -0.15) is 11.8 Å². The average molecular weight is 312 g/mol. The molecule has 21 heavy (non-hydrogen) atoms. The van der Waals surface area contributed by atoms with E-state index in [-0.39, 0.29) is 10.7 Å². The van der Waals surface area contributed by atoms with Crippen LogP contribution in [0.5, 0.6) is 0 Å². The van der Waals surface area contributed by atoms with Gasteiger partial charge in [-0.3, -0.25) is 19.8 Å². The van der Waals surface area contributed by atoms with Gasteiger partial charge in [0, 0.05) is 11.3 Å². The molecule has 0 aromatic heterocycles. The monoisotopic (exact) mass is 312 g/mol. The Labute approximate surface area is 130 Å². The lowest BCUT2D eigenvalue weighted by molar-refractivity contribution is -0.152. The second-order valence-corrected chi connectivity index (χ2v) is 8.12. The van der Waals surface area contributed by atoms with Crippen molar-refractivity contribution in [2.75, 3.05) is 12.8 Å². The van der Waals surface area contributed by atoms with E-state index in [1.807, 2.05) is 20.1 Å². The number of rotatable bonds is 3. The molecule has 0 aromatic carbocycles. The SMILES string of the molecule is CSC(C)(C)CN1C(=O)NC(=O)C2(CCCCCC2)C1=O. The van der Waals surface area contributed by atoms with Gasteiger partial charge in [-0.05, 0) is 32.9 Å². The van der Waals surface area contributed by atoms with E-state index in [1.54, 1.807) is 11.8 Å². The first-order chi connectivity index (χ1) is 9.82. The zero-order valence-electron chi connectivity index (χ0n) is 13.0. The van der Waals surface area contributed by atoms with Crippen LogP contribution in [0, 0.1) is 5.41 Å². The van der Waals surface area contributed by atoms with E-state index >= 15 is 0 Å². The Balaban J connectivity index is 2.29. The van der Waals surface area contributed by atoms with E-state index in [2.05, 4.69) is 5.32 Å². The summed E-state index contributed by atoms with van der Waals surface area (Å²) in [5, 5.41) is 2.41. The predicted octanol–water partition coefficient (Wildman–Crippen LogP) is 2.55. The Morgan fingerprint density at radius 3 is 2.24 bits per heavy atom. The summed E-state index contributed by atoms with van der Waals surface area (Å²) in [6.07, 6.45) is 6.90. The number of nitrogens with one attached hydrogen (secondary N) is 1. The zero-order chi connectivity index (χ0) is 15.7. The predicted molar refractivity (Wildman–Crippen MR) is 83.0 cm³/mol. The largest absolute Gasteiger partial charge is 0.330 e. The van der Waals surface area contributed by atoms with Crippen molar-refractivity contribution in [3.05, 3.63) is 0 Å². The lowest BCUT2D eigenvalue weighted by Crippen LogP contribution is -2.65. The van der Waals surface area contributed by atoms with Crippen LogP contribution in [0.15, 0.2) is 0 Å². The van der Waals surface area contributed by atoms with Gasteiger partial charge in [-0.15, -0.1) is 0 Å². The molecule has 5 nitrogen and oxygen atoms in total. The lowest BCUT2D eigenvalue weighted by Gasteiger charge is -2.41. The Morgan fingerprint density at radius 1 is 1.14 bits per heavy atom. The molecular weight excluding hydrogens is 288 g/mol. The van der Waals surface area contributed by atoms with Crippen molar-refractivity contribution in [1.82, 2.24) is 10.2 Å². The second kappa shape index (κ2) is 5.99. The van der Waals surface area contributed by atoms with Gasteiger partial charge in [-0.25, -0.2) is 4.79 Å². The molecule has 0 aromatic rings. The minimum Gasteiger partial charge on any atom is -0.277 e. The summed E-state index contributed by atoms with van der Waals surface area (Å²) in [5.74, 6) is -0.683. The van der Waals surface area contributed by atoms with Gasteiger partial charge in [0.15, 0.2) is 0 Å². The maximum Gasteiger partial charge on any atom is 0.330 e. The summed E-state index contributed by atoms with van der Waals surface area (Å²) in [7, 11) is 0. The molecule has 118 valence electrons. The van der Waals surface area contributed by atoms with Crippen LogP contribution in [0.25, 0.3) is 0 Å². The van der Waals surface area contributed by atoms with Crippen molar-refractivity contribution in [2.45, 2.75) is 57.1 Å². The maximum atomic E-state index is 12.9. The molecule has 1 spiro atoms. The van der Waals surface area contributed by atoms with E-state index in [9.17, 15) is 14.4 Å². The van der Waals surface area contributed by atoms with Gasteiger partial charge >= 0.3 is 6.03 Å². The summed E-state index contributed by atoms with van der Waals surface area (Å²) in [5.41, 5.74) is -1.01. The summed E-state index contributed by atoms with van der Waals surface area (Å²) in [4.78, 5) is 38.6. The van der Waals surface area contributed by atoms with Crippen LogP contribution >= 0.6 is 11.8 Å². The highest BCUT2D eigenvalue weighted by Crippen LogP contribution is 2.39. The molecule has 2 aliphatic rings. The standard InChI is InChI=1S/C15H24N2O3S/c1-14(2,21-3)10-17-12(19)15(11(18)16-13(17)20)8-6-4-5-7-9-15/h4-10H2,1-3H3,(H,16,18,20).